The van der Waals surface area contributed by atoms with Gasteiger partial charge in [0.25, 0.3) is 0 Å². The Labute approximate surface area is 160 Å². The molecule has 144 valence electrons. The van der Waals surface area contributed by atoms with E-state index in [-0.39, 0.29) is 24.2 Å². The van der Waals surface area contributed by atoms with Crippen molar-refractivity contribution < 1.29 is 14.3 Å². The molecule has 0 aromatic heterocycles. The van der Waals surface area contributed by atoms with Gasteiger partial charge in [-0.3, -0.25) is 9.69 Å². The predicted molar refractivity (Wildman–Crippen MR) is 104 cm³/mol. The van der Waals surface area contributed by atoms with Crippen molar-refractivity contribution in [2.75, 3.05) is 39.7 Å². The molecule has 2 fully saturated rings. The van der Waals surface area contributed by atoms with Gasteiger partial charge in [-0.05, 0) is 36.8 Å². The Bertz CT molecular complexity index is 591. The zero-order valence-electron chi connectivity index (χ0n) is 15.8. The molecule has 2 unspecified atom stereocenters. The van der Waals surface area contributed by atoms with E-state index in [9.17, 15) is 4.79 Å². The zero-order chi connectivity index (χ0) is 18.4. The average molecular weight is 379 g/mol. The van der Waals surface area contributed by atoms with Crippen LogP contribution in [-0.4, -0.2) is 62.1 Å². The predicted octanol–water partition coefficient (Wildman–Crippen LogP) is 2.68. The number of benzene rings is 1. The van der Waals surface area contributed by atoms with E-state index in [4.69, 9.17) is 9.47 Å². The minimum Gasteiger partial charge on any atom is -0.375 e. The molecule has 1 aliphatic heterocycles. The van der Waals surface area contributed by atoms with Gasteiger partial charge >= 0.3 is 0 Å². The molecule has 26 heavy (non-hydrogen) atoms. The second-order valence-electron chi connectivity index (χ2n) is 7.27. The van der Waals surface area contributed by atoms with E-state index in [1.54, 1.807) is 18.9 Å². The van der Waals surface area contributed by atoms with Crippen molar-refractivity contribution in [3.63, 3.8) is 0 Å². The first kappa shape index (κ1) is 19.7. The number of carbonyl (C=O) groups is 1. The highest BCUT2D eigenvalue weighted by molar-refractivity contribution is 7.98. The molecule has 1 heterocycles. The molecule has 1 aliphatic carbocycles. The van der Waals surface area contributed by atoms with Crippen molar-refractivity contribution in [1.29, 1.82) is 0 Å². The molecule has 0 radical (unpaired) electrons. The van der Waals surface area contributed by atoms with E-state index in [2.05, 4.69) is 40.7 Å². The number of methoxy groups -OCH3 is 1. The lowest BCUT2D eigenvalue weighted by Gasteiger charge is -2.49. The van der Waals surface area contributed by atoms with Gasteiger partial charge in [-0.1, -0.05) is 25.0 Å². The highest BCUT2D eigenvalue weighted by Gasteiger charge is 2.45. The topological polar surface area (TPSA) is 50.8 Å². The summed E-state index contributed by atoms with van der Waals surface area (Å²) >= 11 is 1.77. The molecule has 1 aromatic rings. The SMILES string of the molecule is COCC(=O)NC1CCCCC12CN(Cc1ccc(SC)cc1)CCO2. The summed E-state index contributed by atoms with van der Waals surface area (Å²) in [6.07, 6.45) is 6.38. The number of nitrogens with one attached hydrogen (secondary N) is 1. The number of thioether (sulfide) groups is 1. The maximum absolute atomic E-state index is 12.1. The fraction of sp³-hybridized carbons (Fsp3) is 0.650. The third-order valence-corrected chi connectivity index (χ3v) is 6.19. The number of carbonyl (C=O) groups excluding carboxylic acids is 1. The molecule has 1 N–H and O–H groups in total. The van der Waals surface area contributed by atoms with E-state index in [0.29, 0.717) is 0 Å². The Morgan fingerprint density at radius 2 is 2.19 bits per heavy atom. The van der Waals surface area contributed by atoms with Gasteiger partial charge in [0.2, 0.25) is 5.91 Å². The van der Waals surface area contributed by atoms with Crippen LogP contribution in [0.3, 0.4) is 0 Å². The van der Waals surface area contributed by atoms with Crippen LogP contribution in [-0.2, 0) is 20.8 Å². The zero-order valence-corrected chi connectivity index (χ0v) is 16.6. The summed E-state index contributed by atoms with van der Waals surface area (Å²) in [5.74, 6) is -0.0489. The third-order valence-electron chi connectivity index (χ3n) is 5.44. The van der Waals surface area contributed by atoms with Gasteiger partial charge in [0.15, 0.2) is 0 Å². The molecular formula is C20H30N2O3S. The number of hydrogen-bond acceptors (Lipinski definition) is 5. The number of nitrogens with zero attached hydrogens (tertiary/aromatic N) is 1. The Morgan fingerprint density at radius 1 is 1.38 bits per heavy atom. The van der Waals surface area contributed by atoms with Crippen LogP contribution >= 0.6 is 11.8 Å². The van der Waals surface area contributed by atoms with Crippen molar-refractivity contribution >= 4 is 17.7 Å². The maximum atomic E-state index is 12.1. The highest BCUT2D eigenvalue weighted by Crippen LogP contribution is 2.35. The largest absolute Gasteiger partial charge is 0.375 e. The minimum atomic E-state index is -0.265. The summed E-state index contributed by atoms with van der Waals surface area (Å²) in [7, 11) is 1.55. The van der Waals surface area contributed by atoms with Gasteiger partial charge in [-0.25, -0.2) is 0 Å². The summed E-state index contributed by atoms with van der Waals surface area (Å²) in [5, 5.41) is 3.16. The third kappa shape index (κ3) is 4.80. The fourth-order valence-electron chi connectivity index (χ4n) is 4.15. The summed E-state index contributed by atoms with van der Waals surface area (Å²) in [4.78, 5) is 15.8. The quantitative estimate of drug-likeness (QED) is 0.772. The van der Waals surface area contributed by atoms with Crippen LogP contribution in [0.15, 0.2) is 29.2 Å². The second kappa shape index (κ2) is 9.22. The van der Waals surface area contributed by atoms with Crippen molar-refractivity contribution in [1.82, 2.24) is 10.2 Å². The van der Waals surface area contributed by atoms with Gasteiger partial charge in [-0.15, -0.1) is 11.8 Å². The first-order valence-electron chi connectivity index (χ1n) is 9.43. The van der Waals surface area contributed by atoms with Gasteiger partial charge in [0, 0.05) is 31.6 Å². The summed E-state index contributed by atoms with van der Waals surface area (Å²) in [6, 6.07) is 8.87. The molecule has 5 nitrogen and oxygen atoms in total. The van der Waals surface area contributed by atoms with Gasteiger partial charge in [0.05, 0.1) is 12.6 Å². The number of amides is 1. The monoisotopic (exact) mass is 378 g/mol. The lowest BCUT2D eigenvalue weighted by molar-refractivity contribution is -0.152. The lowest BCUT2D eigenvalue weighted by atomic mass is 9.78. The first-order chi connectivity index (χ1) is 12.6. The molecule has 0 bridgehead atoms. The molecule has 1 amide bonds. The molecule has 2 atom stereocenters. The summed E-state index contributed by atoms with van der Waals surface area (Å²) in [5.41, 5.74) is 1.06. The van der Waals surface area contributed by atoms with Crippen molar-refractivity contribution in [2.45, 2.75) is 48.8 Å². The summed E-state index contributed by atoms with van der Waals surface area (Å²) < 4.78 is 11.3. The molecule has 2 aliphatic rings. The average Bonchev–Trinajstić information content (AvgIpc) is 2.65. The standard InChI is InChI=1S/C20H30N2O3S/c1-24-14-19(23)21-18-5-3-4-10-20(18)15-22(11-12-25-20)13-16-6-8-17(26-2)9-7-16/h6-9,18H,3-5,10-15H2,1-2H3,(H,21,23). The first-order valence-corrected chi connectivity index (χ1v) is 10.7. The Morgan fingerprint density at radius 3 is 2.92 bits per heavy atom. The van der Waals surface area contributed by atoms with Gasteiger partial charge < -0.3 is 14.8 Å². The van der Waals surface area contributed by atoms with E-state index >= 15 is 0 Å². The number of ether oxygens (including phenoxy) is 2. The van der Waals surface area contributed by atoms with Crippen molar-refractivity contribution in [3.05, 3.63) is 29.8 Å². The number of hydrogen-bond donors (Lipinski definition) is 1. The Kier molecular flexibility index (Phi) is 6.98. The summed E-state index contributed by atoms with van der Waals surface area (Å²) in [6.45, 7) is 3.57. The lowest BCUT2D eigenvalue weighted by Crippen LogP contribution is -2.64. The fourth-order valence-corrected chi connectivity index (χ4v) is 4.56. The normalized spacial score (nSPS) is 26.8. The van der Waals surface area contributed by atoms with Gasteiger partial charge in [-0.2, -0.15) is 0 Å². The van der Waals surface area contributed by atoms with E-state index in [1.165, 1.54) is 10.5 Å². The van der Waals surface area contributed by atoms with Crippen LogP contribution in [0.2, 0.25) is 0 Å². The van der Waals surface area contributed by atoms with Crippen LogP contribution in [0.25, 0.3) is 0 Å². The molecule has 1 spiro atoms. The van der Waals surface area contributed by atoms with Crippen LogP contribution < -0.4 is 5.32 Å². The molecule has 6 heteroatoms. The van der Waals surface area contributed by atoms with E-state index < -0.39 is 0 Å². The van der Waals surface area contributed by atoms with Crippen molar-refractivity contribution in [3.8, 4) is 0 Å². The van der Waals surface area contributed by atoms with Crippen LogP contribution in [0.1, 0.15) is 31.2 Å². The van der Waals surface area contributed by atoms with Gasteiger partial charge in [0.1, 0.15) is 12.2 Å². The Balaban J connectivity index is 1.66. The molecule has 1 saturated heterocycles. The number of rotatable bonds is 6. The molecular weight excluding hydrogens is 348 g/mol. The molecule has 1 saturated carbocycles. The Hall–Kier alpha value is -1.08. The van der Waals surface area contributed by atoms with E-state index in [0.717, 1.165) is 51.9 Å². The maximum Gasteiger partial charge on any atom is 0.246 e. The minimum absolute atomic E-state index is 0.0489. The van der Waals surface area contributed by atoms with Crippen molar-refractivity contribution in [2.24, 2.45) is 0 Å². The second-order valence-corrected chi connectivity index (χ2v) is 8.15. The van der Waals surface area contributed by atoms with Crippen LogP contribution in [0.4, 0.5) is 0 Å². The van der Waals surface area contributed by atoms with E-state index in [1.807, 2.05) is 0 Å². The smallest absolute Gasteiger partial charge is 0.246 e. The van der Waals surface area contributed by atoms with Crippen LogP contribution in [0.5, 0.6) is 0 Å². The molecule has 3 rings (SSSR count). The number of morpholine rings is 1. The van der Waals surface area contributed by atoms with Crippen LogP contribution in [0, 0.1) is 0 Å². The molecule has 1 aromatic carbocycles. The highest BCUT2D eigenvalue weighted by atomic mass is 32.2.